The molecule has 0 aromatic carbocycles. The zero-order chi connectivity index (χ0) is 9.84. The number of hydrogen-bond donors (Lipinski definition) is 2. The smallest absolute Gasteiger partial charge is 0.303 e. The van der Waals surface area contributed by atoms with Gasteiger partial charge in [-0.25, -0.2) is 0 Å². The first kappa shape index (κ1) is 10.4. The van der Waals surface area contributed by atoms with Gasteiger partial charge in [-0.15, -0.1) is 0 Å². The number of rotatable bonds is 4. The molecule has 0 bridgehead atoms. The fraction of sp³-hybridized carbons (Fsp3) is 0.429. The number of halogens is 1. The summed E-state index contributed by atoms with van der Waals surface area (Å²) < 4.78 is 3.85. The van der Waals surface area contributed by atoms with E-state index in [0.717, 1.165) is 4.88 Å². The maximum atomic E-state index is 10.3. The summed E-state index contributed by atoms with van der Waals surface area (Å²) in [5.41, 5.74) is 5.71. The molecule has 0 aliphatic heterocycles. The first-order valence-corrected chi connectivity index (χ1v) is 4.84. The molecule has 13 heavy (non-hydrogen) atoms. The average Bonchev–Trinajstić information content (AvgIpc) is 2.47. The maximum Gasteiger partial charge on any atom is 0.303 e. The summed E-state index contributed by atoms with van der Waals surface area (Å²) in [4.78, 5) is 11.0. The number of carboxylic acids is 1. The van der Waals surface area contributed by atoms with Gasteiger partial charge in [0.15, 0.2) is 0 Å². The standard InChI is InChI=1S/C7H9ClN2O2S/c8-4-3-10-13-7(4)5(9)1-2-6(11)12/h3,5H,1-2,9H2,(H,11,12). The molecule has 1 rings (SSSR count). The number of nitrogens with two attached hydrogens (primary N) is 1. The van der Waals surface area contributed by atoms with E-state index in [1.165, 1.54) is 17.7 Å². The molecule has 1 heterocycles. The van der Waals surface area contributed by atoms with E-state index in [9.17, 15) is 4.79 Å². The van der Waals surface area contributed by atoms with E-state index in [4.69, 9.17) is 22.4 Å². The van der Waals surface area contributed by atoms with Gasteiger partial charge in [0.05, 0.1) is 16.1 Å². The lowest BCUT2D eigenvalue weighted by molar-refractivity contribution is -0.137. The lowest BCUT2D eigenvalue weighted by Gasteiger charge is -2.06. The number of carbonyl (C=O) groups is 1. The number of hydrogen-bond acceptors (Lipinski definition) is 4. The molecular weight excluding hydrogens is 212 g/mol. The molecule has 1 aromatic rings. The lowest BCUT2D eigenvalue weighted by Crippen LogP contribution is -2.11. The first-order chi connectivity index (χ1) is 6.11. The van der Waals surface area contributed by atoms with Crippen molar-refractivity contribution in [2.24, 2.45) is 5.73 Å². The molecule has 1 aromatic heterocycles. The highest BCUT2D eigenvalue weighted by Crippen LogP contribution is 2.27. The summed E-state index contributed by atoms with van der Waals surface area (Å²) in [6, 6.07) is -0.323. The summed E-state index contributed by atoms with van der Waals surface area (Å²) >= 11 is 6.98. The predicted octanol–water partition coefficient (Wildman–Crippen LogP) is 1.66. The van der Waals surface area contributed by atoms with Crippen LogP contribution in [0.3, 0.4) is 0 Å². The van der Waals surface area contributed by atoms with Crippen LogP contribution in [0.1, 0.15) is 23.8 Å². The molecule has 4 nitrogen and oxygen atoms in total. The highest BCUT2D eigenvalue weighted by molar-refractivity contribution is 7.06. The van der Waals surface area contributed by atoms with Crippen molar-refractivity contribution in [2.45, 2.75) is 18.9 Å². The Morgan fingerprint density at radius 3 is 3.00 bits per heavy atom. The Labute approximate surface area is 84.5 Å². The van der Waals surface area contributed by atoms with Gasteiger partial charge in [0, 0.05) is 12.5 Å². The first-order valence-electron chi connectivity index (χ1n) is 3.68. The van der Waals surface area contributed by atoms with E-state index < -0.39 is 5.97 Å². The van der Waals surface area contributed by atoms with E-state index in [1.807, 2.05) is 0 Å². The van der Waals surface area contributed by atoms with E-state index in [2.05, 4.69) is 4.37 Å². The van der Waals surface area contributed by atoms with Gasteiger partial charge >= 0.3 is 5.97 Å². The molecule has 0 fully saturated rings. The summed E-state index contributed by atoms with van der Waals surface area (Å²) in [5, 5.41) is 8.94. The van der Waals surface area contributed by atoms with E-state index in [1.54, 1.807) is 0 Å². The summed E-state index contributed by atoms with van der Waals surface area (Å²) in [6.45, 7) is 0. The molecule has 0 radical (unpaired) electrons. The largest absolute Gasteiger partial charge is 0.481 e. The molecule has 1 unspecified atom stereocenters. The zero-order valence-electron chi connectivity index (χ0n) is 6.74. The van der Waals surface area contributed by atoms with Gasteiger partial charge in [-0.1, -0.05) is 11.6 Å². The van der Waals surface area contributed by atoms with Crippen LogP contribution in [0.15, 0.2) is 6.20 Å². The summed E-state index contributed by atoms with van der Waals surface area (Å²) in [7, 11) is 0. The van der Waals surface area contributed by atoms with Crippen LogP contribution in [0.25, 0.3) is 0 Å². The van der Waals surface area contributed by atoms with Crippen LogP contribution in [-0.4, -0.2) is 15.4 Å². The Bertz CT molecular complexity index is 302. The van der Waals surface area contributed by atoms with Crippen molar-refractivity contribution < 1.29 is 9.90 Å². The molecule has 0 saturated carbocycles. The SMILES string of the molecule is NC(CCC(=O)O)c1sncc1Cl. The molecule has 0 saturated heterocycles. The molecule has 0 aliphatic carbocycles. The third kappa shape index (κ3) is 2.95. The van der Waals surface area contributed by atoms with Gasteiger partial charge in [0.25, 0.3) is 0 Å². The van der Waals surface area contributed by atoms with Gasteiger partial charge in [0.1, 0.15) is 0 Å². The Balaban J connectivity index is 2.53. The van der Waals surface area contributed by atoms with Crippen molar-refractivity contribution in [3.8, 4) is 0 Å². The van der Waals surface area contributed by atoms with E-state index in [0.29, 0.717) is 11.4 Å². The van der Waals surface area contributed by atoms with Crippen molar-refractivity contribution >= 4 is 29.1 Å². The van der Waals surface area contributed by atoms with Crippen LogP contribution < -0.4 is 5.73 Å². The molecule has 72 valence electrons. The number of carboxylic acid groups (broad SMARTS) is 1. The molecule has 1 atom stereocenters. The summed E-state index contributed by atoms with van der Waals surface area (Å²) in [6.07, 6.45) is 1.95. The fourth-order valence-electron chi connectivity index (χ4n) is 0.892. The lowest BCUT2D eigenvalue weighted by atomic mass is 10.1. The Morgan fingerprint density at radius 2 is 2.54 bits per heavy atom. The third-order valence-corrected chi connectivity index (χ3v) is 2.90. The van der Waals surface area contributed by atoms with Gasteiger partial charge in [-0.2, -0.15) is 4.37 Å². The molecule has 6 heteroatoms. The molecule has 0 spiro atoms. The topological polar surface area (TPSA) is 76.2 Å². The summed E-state index contributed by atoms with van der Waals surface area (Å²) in [5.74, 6) is -0.851. The fourth-order valence-corrected chi connectivity index (χ4v) is 1.91. The van der Waals surface area contributed by atoms with Gasteiger partial charge in [0.2, 0.25) is 0 Å². The highest BCUT2D eigenvalue weighted by Gasteiger charge is 2.13. The minimum absolute atomic E-state index is 0.0510. The van der Waals surface area contributed by atoms with Crippen molar-refractivity contribution in [2.75, 3.05) is 0 Å². The Morgan fingerprint density at radius 1 is 1.85 bits per heavy atom. The second kappa shape index (κ2) is 4.55. The van der Waals surface area contributed by atoms with Gasteiger partial charge in [-0.05, 0) is 18.0 Å². The quantitative estimate of drug-likeness (QED) is 0.809. The minimum Gasteiger partial charge on any atom is -0.481 e. The van der Waals surface area contributed by atoms with Crippen LogP contribution >= 0.6 is 23.1 Å². The van der Waals surface area contributed by atoms with Crippen molar-refractivity contribution in [1.29, 1.82) is 0 Å². The van der Waals surface area contributed by atoms with E-state index >= 15 is 0 Å². The maximum absolute atomic E-state index is 10.3. The second-order valence-electron chi connectivity index (χ2n) is 2.58. The van der Waals surface area contributed by atoms with Crippen LogP contribution in [-0.2, 0) is 4.79 Å². The highest BCUT2D eigenvalue weighted by atomic mass is 35.5. The number of aromatic nitrogens is 1. The van der Waals surface area contributed by atoms with Crippen molar-refractivity contribution in [1.82, 2.24) is 4.37 Å². The number of aliphatic carboxylic acids is 1. The van der Waals surface area contributed by atoms with Gasteiger partial charge in [-0.3, -0.25) is 4.79 Å². The van der Waals surface area contributed by atoms with Crippen LogP contribution in [0.5, 0.6) is 0 Å². The van der Waals surface area contributed by atoms with Gasteiger partial charge < -0.3 is 10.8 Å². The monoisotopic (exact) mass is 220 g/mol. The molecule has 0 amide bonds. The molecule has 3 N–H and O–H groups in total. The van der Waals surface area contributed by atoms with Crippen LogP contribution in [0.4, 0.5) is 0 Å². The Hall–Kier alpha value is -0.650. The normalized spacial score (nSPS) is 12.8. The van der Waals surface area contributed by atoms with Crippen LogP contribution in [0.2, 0.25) is 5.02 Å². The molecular formula is C7H9ClN2O2S. The predicted molar refractivity (Wildman–Crippen MR) is 50.9 cm³/mol. The minimum atomic E-state index is -0.851. The van der Waals surface area contributed by atoms with Crippen molar-refractivity contribution in [3.63, 3.8) is 0 Å². The number of nitrogens with zero attached hydrogens (tertiary/aromatic N) is 1. The third-order valence-electron chi connectivity index (χ3n) is 1.56. The second-order valence-corrected chi connectivity index (χ2v) is 3.82. The van der Waals surface area contributed by atoms with Crippen LogP contribution in [0, 0.1) is 0 Å². The zero-order valence-corrected chi connectivity index (χ0v) is 8.31. The Kier molecular flexibility index (Phi) is 3.65. The molecule has 0 aliphatic rings. The van der Waals surface area contributed by atoms with Crippen molar-refractivity contribution in [3.05, 3.63) is 16.1 Å². The average molecular weight is 221 g/mol. The van der Waals surface area contributed by atoms with E-state index in [-0.39, 0.29) is 12.5 Å².